The highest BCUT2D eigenvalue weighted by molar-refractivity contribution is 7.09. The van der Waals surface area contributed by atoms with Crippen LogP contribution in [-0.4, -0.2) is 45.0 Å². The fourth-order valence-electron chi connectivity index (χ4n) is 10.7. The van der Waals surface area contributed by atoms with Gasteiger partial charge in [0.15, 0.2) is 12.2 Å². The first-order chi connectivity index (χ1) is 21.4. The Hall–Kier alpha value is -2.10. The Balaban J connectivity index is 0.996. The number of aromatic nitrogens is 3. The summed E-state index contributed by atoms with van der Waals surface area (Å²) in [5.41, 5.74) is 10.4. The van der Waals surface area contributed by atoms with Gasteiger partial charge < -0.3 is 20.7 Å². The van der Waals surface area contributed by atoms with E-state index in [0.29, 0.717) is 73.1 Å². The van der Waals surface area contributed by atoms with Crippen LogP contribution < -0.4 is 10.3 Å². The molecule has 4 fully saturated rings. The van der Waals surface area contributed by atoms with Gasteiger partial charge in [-0.1, -0.05) is 32.1 Å². The smallest absolute Gasteiger partial charge is 0.305 e. The van der Waals surface area contributed by atoms with Gasteiger partial charge in [-0.3, -0.25) is 4.79 Å². The van der Waals surface area contributed by atoms with E-state index in [1.54, 1.807) is 17.5 Å². The van der Waals surface area contributed by atoms with Crippen molar-refractivity contribution in [2.75, 3.05) is 12.3 Å². The average molecular weight is 640 g/mol. The summed E-state index contributed by atoms with van der Waals surface area (Å²) in [4.78, 5) is 22.6. The van der Waals surface area contributed by atoms with E-state index in [2.05, 4.69) is 47.7 Å². The maximum atomic E-state index is 12.8. The molecule has 8 nitrogen and oxygen atoms in total. The Bertz CT molecular complexity index is 1380. The summed E-state index contributed by atoms with van der Waals surface area (Å²) >= 11 is 1.67. The molecule has 0 bridgehead atoms. The fourth-order valence-corrected chi connectivity index (χ4v) is 11.7. The first-order valence-electron chi connectivity index (χ1n) is 17.5. The normalized spacial score (nSPS) is 36.6. The highest BCUT2D eigenvalue weighted by atomic mass is 32.1. The highest BCUT2D eigenvalue weighted by Gasteiger charge is 2.63. The predicted molar refractivity (Wildman–Crippen MR) is 175 cm³/mol. The minimum absolute atomic E-state index is 0.0801. The van der Waals surface area contributed by atoms with Crippen molar-refractivity contribution in [1.82, 2.24) is 9.97 Å². The Morgan fingerprint density at radius 3 is 2.73 bits per heavy atom. The molecule has 2 aromatic heterocycles. The van der Waals surface area contributed by atoms with E-state index in [9.17, 15) is 15.0 Å². The van der Waals surface area contributed by atoms with Crippen molar-refractivity contribution in [2.24, 2.45) is 46.3 Å². The van der Waals surface area contributed by atoms with Gasteiger partial charge in [0, 0.05) is 26.0 Å². The molecule has 3 unspecified atom stereocenters. The van der Waals surface area contributed by atoms with Crippen molar-refractivity contribution < 1.29 is 24.3 Å². The molecule has 0 saturated heterocycles. The van der Waals surface area contributed by atoms with Gasteiger partial charge in [0.1, 0.15) is 11.6 Å². The molecule has 0 aromatic carbocycles. The van der Waals surface area contributed by atoms with E-state index < -0.39 is 0 Å². The number of nitrogen functional groups attached to an aromatic ring is 1. The number of nitrogens with two attached hydrogens (primary N) is 1. The van der Waals surface area contributed by atoms with Crippen LogP contribution in [0.2, 0.25) is 0 Å². The Morgan fingerprint density at radius 1 is 1.16 bits per heavy atom. The van der Waals surface area contributed by atoms with E-state index in [-0.39, 0.29) is 29.0 Å². The lowest BCUT2D eigenvalue weighted by Crippen LogP contribution is -2.58. The zero-order chi connectivity index (χ0) is 32.1. The second-order valence-corrected chi connectivity index (χ2v) is 16.5. The maximum Gasteiger partial charge on any atom is 0.305 e. The van der Waals surface area contributed by atoms with Gasteiger partial charge in [0.2, 0.25) is 5.51 Å². The van der Waals surface area contributed by atoms with Crippen molar-refractivity contribution in [3.05, 3.63) is 33.7 Å². The van der Waals surface area contributed by atoms with Crippen LogP contribution in [0.15, 0.2) is 11.7 Å². The first-order valence-corrected chi connectivity index (χ1v) is 18.4. The number of nitrogens with zero attached hydrogens (tertiary/aromatic N) is 3. The average Bonchev–Trinajstić information content (AvgIpc) is 3.54. The number of carbonyl (C=O) groups is 1. The number of fused-ring (bicyclic) bond motifs is 5. The number of ether oxygens (including phenoxy) is 1. The quantitative estimate of drug-likeness (QED) is 0.242. The number of aliphatic hydroxyl groups is 2. The molecule has 4 aliphatic carbocycles. The van der Waals surface area contributed by atoms with Crippen molar-refractivity contribution in [2.45, 2.75) is 124 Å². The maximum absolute atomic E-state index is 12.8. The van der Waals surface area contributed by atoms with Gasteiger partial charge >= 0.3 is 5.97 Å². The monoisotopic (exact) mass is 639 g/mol. The van der Waals surface area contributed by atoms with Gasteiger partial charge in [-0.25, -0.2) is 9.97 Å². The number of anilines is 1. The number of hydrogen-bond acceptors (Lipinski definition) is 8. The van der Waals surface area contributed by atoms with Crippen LogP contribution in [0.25, 0.3) is 0 Å². The number of rotatable bonds is 9. The summed E-state index contributed by atoms with van der Waals surface area (Å²) in [5, 5.41) is 22.2. The molecule has 2 heterocycles. The molecule has 6 rings (SSSR count). The molecule has 0 amide bonds. The van der Waals surface area contributed by atoms with Crippen LogP contribution in [0.1, 0.15) is 107 Å². The number of aryl methyl sites for hydroxylation is 1. The van der Waals surface area contributed by atoms with Gasteiger partial charge in [0.05, 0.1) is 29.3 Å². The molecule has 0 aliphatic heterocycles. The van der Waals surface area contributed by atoms with Crippen LogP contribution in [0.5, 0.6) is 0 Å². The van der Waals surface area contributed by atoms with Crippen molar-refractivity contribution >= 4 is 23.1 Å². The number of thiazole rings is 1. The number of hydrogen-bond donors (Lipinski definition) is 3. The highest BCUT2D eigenvalue weighted by Crippen LogP contribution is 2.68. The van der Waals surface area contributed by atoms with E-state index >= 15 is 0 Å². The van der Waals surface area contributed by atoms with E-state index in [1.807, 2.05) is 6.92 Å². The van der Waals surface area contributed by atoms with Crippen LogP contribution in [-0.2, 0) is 22.5 Å². The number of carbonyl (C=O) groups excluding carboxylic acids is 1. The summed E-state index contributed by atoms with van der Waals surface area (Å²) in [5.74, 6) is 4.26. The summed E-state index contributed by atoms with van der Waals surface area (Å²) in [6.45, 7) is 12.1. The Kier molecular flexibility index (Phi) is 9.36. The standard InChI is InChI=1S/C36H55N4O4S/c1-21(6-11-33(43)44-15-13-31-22(2)40(20-45-31)19-24-18-38-23(3)39-34(24)37)28-9-10-29-27-8-7-25-16-26(41)12-14-35(25,4)30(27)17-32(42)36(28,29)5/h18,20-21,25-30,32,41-42H,6-17,19H2,1-5H3,(H2,37,38,39)/q+1/t21-,25-,26-,27?,28-,29?,30?,32+,35+,36-/m1/s1. The lowest BCUT2D eigenvalue weighted by atomic mass is 9.43. The molecule has 9 heteroatoms. The summed E-state index contributed by atoms with van der Waals surface area (Å²) in [6, 6.07) is 0. The molecule has 4 aliphatic rings. The molecule has 4 saturated carbocycles. The van der Waals surface area contributed by atoms with Crippen LogP contribution >= 0.6 is 11.3 Å². The van der Waals surface area contributed by atoms with E-state index in [4.69, 9.17) is 10.5 Å². The topological polar surface area (TPSA) is 122 Å². The minimum atomic E-state index is -0.292. The zero-order valence-corrected chi connectivity index (χ0v) is 28.8. The SMILES string of the molecule is Cc1ncc(C[n+]2csc(CCOC(=O)CC[C@@H](C)[C@H]3CCC4C5CC[C@@H]6C[C@H](O)CC[C@]6(C)C5C[C@H](O)[C@@]43C)c2C)c(N)n1. The Labute approximate surface area is 273 Å². The first kappa shape index (κ1) is 32.8. The molecule has 0 spiro atoms. The predicted octanol–water partition coefficient (Wildman–Crippen LogP) is 5.57. The molecule has 4 N–H and O–H groups in total. The molecule has 0 radical (unpaired) electrons. The molecule has 45 heavy (non-hydrogen) atoms. The third kappa shape index (κ3) is 6.06. The van der Waals surface area contributed by atoms with Crippen LogP contribution in [0.3, 0.4) is 0 Å². The summed E-state index contributed by atoms with van der Waals surface area (Å²) < 4.78 is 7.87. The minimum Gasteiger partial charge on any atom is -0.465 e. The van der Waals surface area contributed by atoms with Crippen molar-refractivity contribution in [3.63, 3.8) is 0 Å². The molecule has 10 atom stereocenters. The third-order valence-electron chi connectivity index (χ3n) is 13.4. The number of esters is 1. The van der Waals surface area contributed by atoms with Gasteiger partial charge in [-0.05, 0) is 111 Å². The third-order valence-corrected chi connectivity index (χ3v) is 14.6. The Morgan fingerprint density at radius 2 is 1.96 bits per heavy atom. The lowest BCUT2D eigenvalue weighted by molar-refractivity contribution is -0.689. The van der Waals surface area contributed by atoms with Gasteiger partial charge in [0.25, 0.3) is 0 Å². The van der Waals surface area contributed by atoms with Gasteiger partial charge in [-0.15, -0.1) is 0 Å². The van der Waals surface area contributed by atoms with E-state index in [1.165, 1.54) is 24.1 Å². The summed E-state index contributed by atoms with van der Waals surface area (Å²) in [7, 11) is 0. The number of aliphatic hydroxyl groups excluding tert-OH is 2. The van der Waals surface area contributed by atoms with Gasteiger partial charge in [-0.2, -0.15) is 4.57 Å². The molecule has 2 aromatic rings. The molecule has 248 valence electrons. The largest absolute Gasteiger partial charge is 0.465 e. The zero-order valence-electron chi connectivity index (χ0n) is 28.0. The van der Waals surface area contributed by atoms with Crippen LogP contribution in [0.4, 0.5) is 5.82 Å². The molecular weight excluding hydrogens is 584 g/mol. The van der Waals surface area contributed by atoms with Crippen molar-refractivity contribution in [3.8, 4) is 0 Å². The van der Waals surface area contributed by atoms with Crippen molar-refractivity contribution in [1.29, 1.82) is 0 Å². The molecular formula is C36H55N4O4S+. The summed E-state index contributed by atoms with van der Waals surface area (Å²) in [6.07, 6.45) is 12.0. The van der Waals surface area contributed by atoms with E-state index in [0.717, 1.165) is 49.8 Å². The van der Waals surface area contributed by atoms with Crippen LogP contribution in [0, 0.1) is 60.2 Å². The fraction of sp³-hybridized carbons (Fsp3) is 0.778. The lowest BCUT2D eigenvalue weighted by Gasteiger charge is -2.62. The second kappa shape index (κ2) is 12.8. The second-order valence-electron chi connectivity index (χ2n) is 15.6.